The van der Waals surface area contributed by atoms with Crippen molar-refractivity contribution in [2.75, 3.05) is 0 Å². The molecule has 2 rings (SSSR count). The first-order valence-electron chi connectivity index (χ1n) is 4.96. The number of nitrogens with zero attached hydrogens (tertiary/aromatic N) is 3. The fraction of sp³-hybridized carbons (Fsp3) is 0.182. The van der Waals surface area contributed by atoms with Crippen LogP contribution in [-0.4, -0.2) is 14.7 Å². The summed E-state index contributed by atoms with van der Waals surface area (Å²) in [4.78, 5) is 10.6. The molecule has 1 aromatic heterocycles. The molecule has 5 nitrogen and oxygen atoms in total. The summed E-state index contributed by atoms with van der Waals surface area (Å²) in [6.45, 7) is 3.74. The van der Waals surface area contributed by atoms with E-state index >= 15 is 0 Å². The topological polar surface area (TPSA) is 61.0 Å². The SMILES string of the molecule is Cc1cc(C)n(-c2ccc(I)cc2[N+](=O)[O-])n1. The van der Waals surface area contributed by atoms with E-state index in [4.69, 9.17) is 0 Å². The van der Waals surface area contributed by atoms with Crippen molar-refractivity contribution in [3.8, 4) is 5.69 Å². The number of rotatable bonds is 2. The van der Waals surface area contributed by atoms with Crippen LogP contribution in [0.3, 0.4) is 0 Å². The maximum Gasteiger partial charge on any atom is 0.295 e. The molecule has 2 aromatic rings. The molecule has 0 radical (unpaired) electrons. The third-order valence-corrected chi connectivity index (χ3v) is 3.04. The standard InChI is InChI=1S/C11H10IN3O2/c1-7-5-8(2)14(13-7)10-4-3-9(12)6-11(10)15(16)17/h3-6H,1-2H3. The van der Waals surface area contributed by atoms with Crippen molar-refractivity contribution < 1.29 is 4.92 Å². The van der Waals surface area contributed by atoms with E-state index in [2.05, 4.69) is 27.7 Å². The molecule has 0 amide bonds. The minimum atomic E-state index is -0.381. The second kappa shape index (κ2) is 4.44. The number of aryl methyl sites for hydroxylation is 2. The van der Waals surface area contributed by atoms with Crippen LogP contribution in [-0.2, 0) is 0 Å². The molecule has 0 spiro atoms. The molecule has 0 aliphatic rings. The van der Waals surface area contributed by atoms with Crippen LogP contribution < -0.4 is 0 Å². The minimum absolute atomic E-state index is 0.0723. The highest BCUT2D eigenvalue weighted by molar-refractivity contribution is 14.1. The first kappa shape index (κ1) is 12.0. The third kappa shape index (κ3) is 2.31. The highest BCUT2D eigenvalue weighted by atomic mass is 127. The minimum Gasteiger partial charge on any atom is -0.258 e. The van der Waals surface area contributed by atoms with Gasteiger partial charge < -0.3 is 0 Å². The quantitative estimate of drug-likeness (QED) is 0.478. The Morgan fingerprint density at radius 2 is 2.06 bits per heavy atom. The van der Waals surface area contributed by atoms with Crippen LogP contribution in [0.2, 0.25) is 0 Å². The van der Waals surface area contributed by atoms with Gasteiger partial charge >= 0.3 is 0 Å². The Bertz CT molecular complexity index is 592. The number of hydrogen-bond acceptors (Lipinski definition) is 3. The summed E-state index contributed by atoms with van der Waals surface area (Å²) in [6.07, 6.45) is 0. The van der Waals surface area contributed by atoms with Crippen molar-refractivity contribution in [3.05, 3.63) is 49.3 Å². The van der Waals surface area contributed by atoms with Crippen LogP contribution in [0, 0.1) is 27.5 Å². The summed E-state index contributed by atoms with van der Waals surface area (Å²) >= 11 is 2.05. The number of benzene rings is 1. The molecule has 6 heteroatoms. The summed E-state index contributed by atoms with van der Waals surface area (Å²) < 4.78 is 2.43. The van der Waals surface area contributed by atoms with E-state index < -0.39 is 0 Å². The molecule has 0 aliphatic carbocycles. The normalized spacial score (nSPS) is 10.5. The zero-order valence-corrected chi connectivity index (χ0v) is 11.5. The fourth-order valence-electron chi connectivity index (χ4n) is 1.69. The maximum absolute atomic E-state index is 11.0. The summed E-state index contributed by atoms with van der Waals surface area (Å²) in [5.74, 6) is 0. The zero-order chi connectivity index (χ0) is 12.6. The first-order chi connectivity index (χ1) is 7.99. The lowest BCUT2D eigenvalue weighted by atomic mass is 10.2. The first-order valence-corrected chi connectivity index (χ1v) is 6.04. The Balaban J connectivity index is 2.67. The Morgan fingerprint density at radius 1 is 1.35 bits per heavy atom. The monoisotopic (exact) mass is 343 g/mol. The molecule has 0 fully saturated rings. The van der Waals surface area contributed by atoms with E-state index in [1.54, 1.807) is 16.8 Å². The molecular formula is C11H10IN3O2. The molecule has 1 aromatic carbocycles. The summed E-state index contributed by atoms with van der Waals surface area (Å²) in [5.41, 5.74) is 2.30. The largest absolute Gasteiger partial charge is 0.295 e. The van der Waals surface area contributed by atoms with Gasteiger partial charge in [-0.25, -0.2) is 4.68 Å². The molecule has 0 unspecified atom stereocenters. The zero-order valence-electron chi connectivity index (χ0n) is 9.35. The second-order valence-electron chi connectivity index (χ2n) is 3.73. The average Bonchev–Trinajstić information content (AvgIpc) is 2.57. The van der Waals surface area contributed by atoms with Crippen LogP contribution >= 0.6 is 22.6 Å². The summed E-state index contributed by atoms with van der Waals surface area (Å²) in [6, 6.07) is 6.99. The van der Waals surface area contributed by atoms with Gasteiger partial charge in [0, 0.05) is 15.3 Å². The Labute approximate surface area is 112 Å². The Kier molecular flexibility index (Phi) is 3.14. The van der Waals surface area contributed by atoms with Crippen molar-refractivity contribution in [2.24, 2.45) is 0 Å². The molecule has 0 saturated heterocycles. The van der Waals surface area contributed by atoms with Crippen molar-refractivity contribution in [1.29, 1.82) is 0 Å². The lowest BCUT2D eigenvalue weighted by Gasteiger charge is -2.05. The van der Waals surface area contributed by atoms with Crippen molar-refractivity contribution in [1.82, 2.24) is 9.78 Å². The van der Waals surface area contributed by atoms with Crippen LogP contribution in [0.5, 0.6) is 0 Å². The van der Waals surface area contributed by atoms with Crippen molar-refractivity contribution >= 4 is 28.3 Å². The van der Waals surface area contributed by atoms with Gasteiger partial charge in [0.1, 0.15) is 5.69 Å². The molecule has 0 saturated carbocycles. The van der Waals surface area contributed by atoms with Gasteiger partial charge in [-0.3, -0.25) is 10.1 Å². The van der Waals surface area contributed by atoms with Gasteiger partial charge in [0.25, 0.3) is 5.69 Å². The smallest absolute Gasteiger partial charge is 0.258 e. The fourth-order valence-corrected chi connectivity index (χ4v) is 2.17. The molecule has 0 N–H and O–H groups in total. The van der Waals surface area contributed by atoms with Crippen LogP contribution in [0.25, 0.3) is 5.69 Å². The number of nitro benzene ring substituents is 1. The van der Waals surface area contributed by atoms with Gasteiger partial charge in [-0.05, 0) is 54.6 Å². The van der Waals surface area contributed by atoms with E-state index in [0.29, 0.717) is 5.69 Å². The van der Waals surface area contributed by atoms with E-state index in [1.165, 1.54) is 0 Å². The highest BCUT2D eigenvalue weighted by Crippen LogP contribution is 2.25. The van der Waals surface area contributed by atoms with Crippen molar-refractivity contribution in [2.45, 2.75) is 13.8 Å². The molecule has 17 heavy (non-hydrogen) atoms. The maximum atomic E-state index is 11.0. The van der Waals surface area contributed by atoms with E-state index in [1.807, 2.05) is 26.0 Å². The van der Waals surface area contributed by atoms with Gasteiger partial charge in [-0.2, -0.15) is 5.10 Å². The van der Waals surface area contributed by atoms with Gasteiger partial charge in [-0.1, -0.05) is 0 Å². The summed E-state index contributed by atoms with van der Waals surface area (Å²) in [7, 11) is 0. The number of aromatic nitrogens is 2. The number of halogens is 1. The molecule has 0 bridgehead atoms. The van der Waals surface area contributed by atoms with E-state index in [9.17, 15) is 10.1 Å². The van der Waals surface area contributed by atoms with Gasteiger partial charge in [0.2, 0.25) is 0 Å². The van der Waals surface area contributed by atoms with Gasteiger partial charge in [0.05, 0.1) is 10.6 Å². The van der Waals surface area contributed by atoms with Gasteiger partial charge in [0.15, 0.2) is 0 Å². The lowest BCUT2D eigenvalue weighted by Crippen LogP contribution is -2.03. The van der Waals surface area contributed by atoms with Crippen molar-refractivity contribution in [3.63, 3.8) is 0 Å². The van der Waals surface area contributed by atoms with E-state index in [-0.39, 0.29) is 10.6 Å². The molecular weight excluding hydrogens is 333 g/mol. The molecule has 1 heterocycles. The summed E-state index contributed by atoms with van der Waals surface area (Å²) in [5, 5.41) is 15.3. The van der Waals surface area contributed by atoms with Gasteiger partial charge in [-0.15, -0.1) is 0 Å². The Morgan fingerprint density at radius 3 is 2.59 bits per heavy atom. The van der Waals surface area contributed by atoms with Crippen LogP contribution in [0.15, 0.2) is 24.3 Å². The highest BCUT2D eigenvalue weighted by Gasteiger charge is 2.17. The predicted octanol–water partition coefficient (Wildman–Crippen LogP) is 3.00. The van der Waals surface area contributed by atoms with E-state index in [0.717, 1.165) is 15.0 Å². The van der Waals surface area contributed by atoms with Crippen LogP contribution in [0.4, 0.5) is 5.69 Å². The Hall–Kier alpha value is -1.44. The lowest BCUT2D eigenvalue weighted by molar-refractivity contribution is -0.384. The number of hydrogen-bond donors (Lipinski definition) is 0. The molecule has 0 atom stereocenters. The third-order valence-electron chi connectivity index (χ3n) is 2.37. The second-order valence-corrected chi connectivity index (χ2v) is 4.97. The molecule has 0 aliphatic heterocycles. The number of nitro groups is 1. The molecule has 88 valence electrons. The average molecular weight is 343 g/mol. The van der Waals surface area contributed by atoms with Crippen LogP contribution in [0.1, 0.15) is 11.4 Å². The predicted molar refractivity (Wildman–Crippen MR) is 72.4 cm³/mol.